The second kappa shape index (κ2) is 6.59. The van der Waals surface area contributed by atoms with Crippen molar-refractivity contribution >= 4 is 41.9 Å². The van der Waals surface area contributed by atoms with Crippen molar-refractivity contribution in [2.24, 2.45) is 10.4 Å². The van der Waals surface area contributed by atoms with Crippen molar-refractivity contribution in [1.82, 2.24) is 20.4 Å². The maximum atomic E-state index is 11.5. The van der Waals surface area contributed by atoms with Crippen molar-refractivity contribution in [3.63, 3.8) is 0 Å². The third-order valence-corrected chi connectivity index (χ3v) is 4.91. The maximum absolute atomic E-state index is 11.5. The van der Waals surface area contributed by atoms with Crippen molar-refractivity contribution in [2.45, 2.75) is 33.2 Å². The minimum atomic E-state index is -0.317. The molecule has 8 heteroatoms. The van der Waals surface area contributed by atoms with Crippen LogP contribution in [0.3, 0.4) is 0 Å². The van der Waals surface area contributed by atoms with Gasteiger partial charge >= 0.3 is 6.03 Å². The fourth-order valence-electron chi connectivity index (χ4n) is 2.66. The lowest BCUT2D eigenvalue weighted by Crippen LogP contribution is -2.72. The SMILES string of the molecule is CN=C(NCCN1C(=O)CNC1=O)N1CC(C)(C)C1(C)C.I. The molecule has 0 saturated carbocycles. The molecule has 2 rings (SSSR count). The second-order valence-corrected chi connectivity index (χ2v) is 6.71. The molecule has 0 atom stereocenters. The number of carbonyl (C=O) groups excluding carboxylic acids is 2. The van der Waals surface area contributed by atoms with Crippen LogP contribution in [0, 0.1) is 5.41 Å². The Hall–Kier alpha value is -1.06. The second-order valence-electron chi connectivity index (χ2n) is 6.71. The average molecular weight is 423 g/mol. The molecule has 126 valence electrons. The van der Waals surface area contributed by atoms with E-state index in [1.54, 1.807) is 7.05 Å². The standard InChI is InChI=1S/C14H25N5O2.HI/c1-13(2)9-19(14(13,3)4)11(15-5)16-6-7-18-10(20)8-17-12(18)21;/h6-9H2,1-5H3,(H,15,16)(H,17,21);1H. The van der Waals surface area contributed by atoms with E-state index in [2.05, 4.69) is 48.2 Å². The van der Waals surface area contributed by atoms with Crippen molar-refractivity contribution < 1.29 is 9.59 Å². The largest absolute Gasteiger partial charge is 0.354 e. The lowest BCUT2D eigenvalue weighted by atomic mass is 9.65. The highest BCUT2D eigenvalue weighted by molar-refractivity contribution is 14.0. The summed E-state index contributed by atoms with van der Waals surface area (Å²) in [4.78, 5) is 30.7. The van der Waals surface area contributed by atoms with E-state index < -0.39 is 0 Å². The summed E-state index contributed by atoms with van der Waals surface area (Å²) in [5.41, 5.74) is 0.255. The van der Waals surface area contributed by atoms with E-state index in [0.29, 0.717) is 13.1 Å². The van der Waals surface area contributed by atoms with Crippen LogP contribution >= 0.6 is 24.0 Å². The predicted molar refractivity (Wildman–Crippen MR) is 96.5 cm³/mol. The Morgan fingerprint density at radius 3 is 2.36 bits per heavy atom. The molecule has 2 fully saturated rings. The topological polar surface area (TPSA) is 77.0 Å². The molecule has 0 radical (unpaired) electrons. The number of imide groups is 1. The van der Waals surface area contributed by atoms with Crippen LogP contribution in [0.5, 0.6) is 0 Å². The number of nitrogens with one attached hydrogen (secondary N) is 2. The van der Waals surface area contributed by atoms with Crippen molar-refractivity contribution in [3.05, 3.63) is 0 Å². The maximum Gasteiger partial charge on any atom is 0.324 e. The number of nitrogens with zero attached hydrogens (tertiary/aromatic N) is 3. The van der Waals surface area contributed by atoms with Crippen molar-refractivity contribution in [3.8, 4) is 0 Å². The number of carbonyl (C=O) groups is 2. The van der Waals surface area contributed by atoms with Crippen LogP contribution in [0.2, 0.25) is 0 Å². The fraction of sp³-hybridized carbons (Fsp3) is 0.786. The van der Waals surface area contributed by atoms with Crippen LogP contribution in [0.1, 0.15) is 27.7 Å². The molecule has 2 N–H and O–H groups in total. The van der Waals surface area contributed by atoms with Gasteiger partial charge in [0.05, 0.1) is 6.54 Å². The number of halogens is 1. The van der Waals surface area contributed by atoms with Crippen LogP contribution in [0.4, 0.5) is 4.79 Å². The molecule has 2 aliphatic rings. The Morgan fingerprint density at radius 2 is 1.95 bits per heavy atom. The van der Waals surface area contributed by atoms with Crippen LogP contribution in [0.25, 0.3) is 0 Å². The van der Waals surface area contributed by atoms with Gasteiger partial charge < -0.3 is 15.5 Å². The Bertz CT molecular complexity index is 474. The number of urea groups is 1. The summed E-state index contributed by atoms with van der Waals surface area (Å²) in [5.74, 6) is 0.633. The molecule has 0 aromatic carbocycles. The lowest BCUT2D eigenvalue weighted by molar-refractivity contribution is -0.124. The predicted octanol–water partition coefficient (Wildman–Crippen LogP) is 0.852. The van der Waals surface area contributed by atoms with Crippen molar-refractivity contribution in [1.29, 1.82) is 0 Å². The summed E-state index contributed by atoms with van der Waals surface area (Å²) < 4.78 is 0. The molecule has 3 amide bonds. The Morgan fingerprint density at radius 1 is 1.32 bits per heavy atom. The molecule has 2 heterocycles. The van der Waals surface area contributed by atoms with Crippen LogP contribution in [-0.2, 0) is 4.79 Å². The van der Waals surface area contributed by atoms with Gasteiger partial charge in [-0.25, -0.2) is 4.79 Å². The van der Waals surface area contributed by atoms with Gasteiger partial charge in [0.2, 0.25) is 5.91 Å². The van der Waals surface area contributed by atoms with E-state index in [9.17, 15) is 9.59 Å². The van der Waals surface area contributed by atoms with Gasteiger partial charge in [-0.1, -0.05) is 13.8 Å². The van der Waals surface area contributed by atoms with Gasteiger partial charge in [-0.15, -0.1) is 24.0 Å². The Kier molecular flexibility index (Phi) is 5.69. The minimum Gasteiger partial charge on any atom is -0.354 e. The smallest absolute Gasteiger partial charge is 0.324 e. The van der Waals surface area contributed by atoms with Gasteiger partial charge in [-0.2, -0.15) is 0 Å². The third-order valence-electron chi connectivity index (χ3n) is 4.91. The summed E-state index contributed by atoms with van der Waals surface area (Å²) in [6.07, 6.45) is 0. The van der Waals surface area contributed by atoms with Gasteiger partial charge in [0.1, 0.15) is 0 Å². The number of hydrogen-bond acceptors (Lipinski definition) is 3. The summed E-state index contributed by atoms with van der Waals surface area (Å²) in [7, 11) is 1.75. The third kappa shape index (κ3) is 3.16. The van der Waals surface area contributed by atoms with Crippen LogP contribution in [-0.4, -0.2) is 66.5 Å². The molecule has 0 aliphatic carbocycles. The van der Waals surface area contributed by atoms with Gasteiger partial charge in [0, 0.05) is 37.6 Å². The number of aliphatic imine (C=N–C) groups is 1. The Labute approximate surface area is 148 Å². The van der Waals surface area contributed by atoms with Crippen molar-refractivity contribution in [2.75, 3.05) is 33.2 Å². The van der Waals surface area contributed by atoms with Crippen LogP contribution < -0.4 is 10.6 Å². The zero-order valence-electron chi connectivity index (χ0n) is 13.9. The van der Waals surface area contributed by atoms with Gasteiger partial charge in [-0.05, 0) is 13.8 Å². The van der Waals surface area contributed by atoms with E-state index >= 15 is 0 Å². The molecule has 2 saturated heterocycles. The molecule has 22 heavy (non-hydrogen) atoms. The highest BCUT2D eigenvalue weighted by Crippen LogP contribution is 2.46. The molecular weight excluding hydrogens is 397 g/mol. The monoisotopic (exact) mass is 423 g/mol. The van der Waals surface area contributed by atoms with Gasteiger partial charge in [0.15, 0.2) is 5.96 Å². The van der Waals surface area contributed by atoms with E-state index in [4.69, 9.17) is 0 Å². The summed E-state index contributed by atoms with van der Waals surface area (Å²) in [6, 6.07) is -0.317. The lowest BCUT2D eigenvalue weighted by Gasteiger charge is -2.62. The quantitative estimate of drug-likeness (QED) is 0.306. The average Bonchev–Trinajstić information content (AvgIpc) is 2.73. The summed E-state index contributed by atoms with van der Waals surface area (Å²) in [6.45, 7) is 10.7. The first-order valence-electron chi connectivity index (χ1n) is 7.27. The number of guanidine groups is 1. The minimum absolute atomic E-state index is 0. The number of likely N-dealkylation sites (tertiary alicyclic amines) is 1. The number of hydrogen-bond donors (Lipinski definition) is 2. The van der Waals surface area contributed by atoms with E-state index in [1.807, 2.05) is 0 Å². The first-order valence-corrected chi connectivity index (χ1v) is 7.27. The zero-order chi connectivity index (χ0) is 15.8. The van der Waals surface area contributed by atoms with Crippen LogP contribution in [0.15, 0.2) is 4.99 Å². The van der Waals surface area contributed by atoms with E-state index in [1.165, 1.54) is 4.90 Å². The fourth-order valence-corrected chi connectivity index (χ4v) is 2.66. The number of rotatable bonds is 3. The van der Waals surface area contributed by atoms with E-state index in [-0.39, 0.29) is 53.4 Å². The molecule has 7 nitrogen and oxygen atoms in total. The molecule has 2 aliphatic heterocycles. The van der Waals surface area contributed by atoms with E-state index in [0.717, 1.165) is 12.5 Å². The first-order chi connectivity index (χ1) is 9.70. The summed E-state index contributed by atoms with van der Waals surface area (Å²) in [5, 5.41) is 5.74. The first kappa shape index (κ1) is 19.0. The normalized spacial score (nSPS) is 22.9. The molecule has 0 unspecified atom stereocenters. The zero-order valence-corrected chi connectivity index (χ0v) is 16.2. The molecule has 0 spiro atoms. The molecule has 0 bridgehead atoms. The highest BCUT2D eigenvalue weighted by atomic mass is 127. The molecular formula is C14H26IN5O2. The molecule has 0 aromatic rings. The van der Waals surface area contributed by atoms with Gasteiger partial charge in [0.25, 0.3) is 0 Å². The Balaban J connectivity index is 0.00000242. The number of amides is 3. The summed E-state index contributed by atoms with van der Waals surface area (Å²) >= 11 is 0. The highest BCUT2D eigenvalue weighted by Gasteiger charge is 2.53. The molecule has 0 aromatic heterocycles. The van der Waals surface area contributed by atoms with Gasteiger partial charge in [-0.3, -0.25) is 14.7 Å².